The molecule has 1 aliphatic carbocycles. The van der Waals surface area contributed by atoms with Gasteiger partial charge >= 0.3 is 6.03 Å². The Hall–Kier alpha value is -1.29. The summed E-state index contributed by atoms with van der Waals surface area (Å²) in [6, 6.07) is 7.63. The number of rotatable bonds is 5. The third-order valence-electron chi connectivity index (χ3n) is 5.21. The number of thiocarbonyl (C=S) groups is 1. The van der Waals surface area contributed by atoms with Crippen molar-refractivity contribution in [3.63, 3.8) is 0 Å². The fraction of sp³-hybridized carbons (Fsp3) is 0.550. The summed E-state index contributed by atoms with van der Waals surface area (Å²) in [6.07, 6.45) is 8.38. The lowest BCUT2D eigenvalue weighted by molar-refractivity contribution is -0.119. The molecule has 1 atom stereocenters. The predicted octanol–water partition coefficient (Wildman–Crippen LogP) is 4.91. The highest BCUT2D eigenvalue weighted by Crippen LogP contribution is 2.42. The maximum atomic E-state index is 12.7. The Morgan fingerprint density at radius 3 is 2.62 bits per heavy atom. The van der Waals surface area contributed by atoms with Crippen molar-refractivity contribution in [1.82, 2.24) is 15.4 Å². The van der Waals surface area contributed by atoms with E-state index in [-0.39, 0.29) is 6.04 Å². The summed E-state index contributed by atoms with van der Waals surface area (Å²) in [5.41, 5.74) is 0.926. The van der Waals surface area contributed by atoms with Crippen LogP contribution in [-0.4, -0.2) is 55.1 Å². The normalized spacial score (nSPS) is 22.3. The first-order valence-corrected chi connectivity index (χ1v) is 12.3. The zero-order valence-electron chi connectivity index (χ0n) is 17.0. The lowest BCUT2D eigenvalue weighted by Crippen LogP contribution is -2.57. The molecule has 0 aromatic heterocycles. The van der Waals surface area contributed by atoms with Crippen molar-refractivity contribution in [2.75, 3.05) is 6.26 Å². The zero-order valence-corrected chi connectivity index (χ0v) is 19.4. The van der Waals surface area contributed by atoms with E-state index in [9.17, 15) is 10.0 Å². The van der Waals surface area contributed by atoms with E-state index in [4.69, 9.17) is 12.2 Å². The molecule has 158 valence electrons. The number of carbonyl (C=O) groups excluding carboxylic acids is 1. The maximum Gasteiger partial charge on any atom is 0.343 e. The van der Waals surface area contributed by atoms with E-state index < -0.39 is 16.9 Å². The second-order valence-electron chi connectivity index (χ2n) is 7.84. The van der Waals surface area contributed by atoms with Crippen molar-refractivity contribution in [3.05, 3.63) is 29.8 Å². The first kappa shape index (κ1) is 22.4. The first-order chi connectivity index (χ1) is 13.8. The van der Waals surface area contributed by atoms with E-state index in [0.29, 0.717) is 4.32 Å². The predicted molar refractivity (Wildman–Crippen MR) is 125 cm³/mol. The van der Waals surface area contributed by atoms with Gasteiger partial charge in [0.05, 0.1) is 11.0 Å². The van der Waals surface area contributed by atoms with Crippen LogP contribution in [0.3, 0.4) is 0 Å². The van der Waals surface area contributed by atoms with Gasteiger partial charge in [-0.15, -0.1) is 11.8 Å². The van der Waals surface area contributed by atoms with Gasteiger partial charge < -0.3 is 5.32 Å². The zero-order chi connectivity index (χ0) is 21.0. The van der Waals surface area contributed by atoms with Crippen molar-refractivity contribution in [2.45, 2.75) is 67.8 Å². The van der Waals surface area contributed by atoms with Crippen LogP contribution in [0, 0.1) is 0 Å². The van der Waals surface area contributed by atoms with Gasteiger partial charge in [-0.1, -0.05) is 55.4 Å². The number of hydrazone groups is 1. The first-order valence-electron chi connectivity index (χ1n) is 9.80. The van der Waals surface area contributed by atoms with Gasteiger partial charge in [-0.05, 0) is 50.6 Å². The second-order valence-corrected chi connectivity index (χ2v) is 11.0. The fourth-order valence-corrected chi connectivity index (χ4v) is 5.84. The molecule has 3 rings (SSSR count). The van der Waals surface area contributed by atoms with E-state index in [1.54, 1.807) is 23.0 Å². The minimum atomic E-state index is -0.690. The molecule has 0 bridgehead atoms. The summed E-state index contributed by atoms with van der Waals surface area (Å²) in [6.45, 7) is 3.91. The van der Waals surface area contributed by atoms with Crippen LogP contribution in [0.4, 0.5) is 4.79 Å². The molecule has 1 aromatic rings. The van der Waals surface area contributed by atoms with Gasteiger partial charge in [-0.2, -0.15) is 10.2 Å². The molecule has 1 saturated heterocycles. The summed E-state index contributed by atoms with van der Waals surface area (Å²) in [4.78, 5) is 13.9. The Morgan fingerprint density at radius 1 is 1.34 bits per heavy atom. The molecule has 1 heterocycles. The summed E-state index contributed by atoms with van der Waals surface area (Å²) >= 11 is 8.60. The van der Waals surface area contributed by atoms with Gasteiger partial charge in [0.15, 0.2) is 10.5 Å². The number of hydrogen-bond donors (Lipinski definition) is 2. The fourth-order valence-electron chi connectivity index (χ4n) is 3.64. The second kappa shape index (κ2) is 9.68. The van der Waals surface area contributed by atoms with Crippen LogP contribution in [0.15, 0.2) is 34.3 Å². The van der Waals surface area contributed by atoms with E-state index in [2.05, 4.69) is 10.4 Å². The van der Waals surface area contributed by atoms with Crippen LogP contribution in [0.2, 0.25) is 0 Å². The number of nitrogens with zero attached hydrogens (tertiary/aromatic N) is 3. The van der Waals surface area contributed by atoms with Gasteiger partial charge in [-0.25, -0.2) is 9.80 Å². The van der Waals surface area contributed by atoms with Crippen molar-refractivity contribution in [1.29, 1.82) is 0 Å². The molecular formula is C20H28N4O2S3. The molecule has 6 nitrogen and oxygen atoms in total. The minimum Gasteiger partial charge on any atom is -0.333 e. The van der Waals surface area contributed by atoms with Crippen LogP contribution in [0.25, 0.3) is 0 Å². The largest absolute Gasteiger partial charge is 0.343 e. The standard InChI is InChI=1S/C20H28N4O2S3/c1-20(2)17(24(26)18(25)22-15-7-5-4-6-8-15)23(19(27)29-20)21-13-14-9-11-16(28-3)12-10-14/h9-13,15,17,26H,4-8H2,1-3H3,(H,22,25)/b21-13-/t17-/m1/s1. The van der Waals surface area contributed by atoms with Gasteiger partial charge in [0.2, 0.25) is 0 Å². The molecule has 29 heavy (non-hydrogen) atoms. The third kappa shape index (κ3) is 5.45. The summed E-state index contributed by atoms with van der Waals surface area (Å²) in [5.74, 6) is 0. The average molecular weight is 453 g/mol. The van der Waals surface area contributed by atoms with Gasteiger partial charge in [0.1, 0.15) is 0 Å². The molecule has 1 saturated carbocycles. The van der Waals surface area contributed by atoms with Crippen LogP contribution in [0.1, 0.15) is 51.5 Å². The number of nitrogens with one attached hydrogen (secondary N) is 1. The lowest BCUT2D eigenvalue weighted by atomic mass is 9.96. The van der Waals surface area contributed by atoms with Crippen molar-refractivity contribution in [2.24, 2.45) is 5.10 Å². The van der Waals surface area contributed by atoms with E-state index >= 15 is 0 Å². The summed E-state index contributed by atoms with van der Waals surface area (Å²) < 4.78 is 0.0250. The third-order valence-corrected chi connectivity index (χ3v) is 7.49. The highest BCUT2D eigenvalue weighted by atomic mass is 32.2. The van der Waals surface area contributed by atoms with Crippen LogP contribution in [-0.2, 0) is 0 Å². The molecule has 1 aromatic carbocycles. The van der Waals surface area contributed by atoms with Gasteiger partial charge in [0, 0.05) is 10.9 Å². The number of hydrogen-bond acceptors (Lipinski definition) is 6. The topological polar surface area (TPSA) is 68.2 Å². The van der Waals surface area contributed by atoms with Gasteiger partial charge in [0.25, 0.3) is 0 Å². The van der Waals surface area contributed by atoms with E-state index in [1.807, 2.05) is 44.4 Å². The highest BCUT2D eigenvalue weighted by molar-refractivity contribution is 8.24. The lowest BCUT2D eigenvalue weighted by Gasteiger charge is -2.35. The number of amides is 2. The molecule has 0 spiro atoms. The Kier molecular flexibility index (Phi) is 7.47. The number of carbonyl (C=O) groups is 1. The van der Waals surface area contributed by atoms with Crippen LogP contribution >= 0.6 is 35.7 Å². The minimum absolute atomic E-state index is 0.113. The Labute approximate surface area is 186 Å². The monoisotopic (exact) mass is 452 g/mol. The number of urea groups is 1. The Balaban J connectivity index is 1.74. The number of benzene rings is 1. The molecule has 2 N–H and O–H groups in total. The van der Waals surface area contributed by atoms with E-state index in [1.165, 1.54) is 23.1 Å². The quantitative estimate of drug-likeness (QED) is 0.217. The van der Waals surface area contributed by atoms with Crippen molar-refractivity contribution in [3.8, 4) is 0 Å². The molecule has 0 unspecified atom stereocenters. The smallest absolute Gasteiger partial charge is 0.333 e. The average Bonchev–Trinajstić information content (AvgIpc) is 2.94. The molecule has 2 aliphatic rings. The number of hydroxylamine groups is 2. The van der Waals surface area contributed by atoms with Crippen molar-refractivity contribution >= 4 is 52.3 Å². The highest BCUT2D eigenvalue weighted by Gasteiger charge is 2.50. The SMILES string of the molecule is CSc1ccc(/C=N\N2C(=S)SC(C)(C)[C@H]2N(O)C(=O)NC2CCCCC2)cc1. The van der Waals surface area contributed by atoms with Crippen LogP contribution < -0.4 is 5.32 Å². The molecule has 9 heteroatoms. The van der Waals surface area contributed by atoms with Crippen molar-refractivity contribution < 1.29 is 10.0 Å². The molecule has 2 fully saturated rings. The number of thioether (sulfide) groups is 2. The Bertz CT molecular complexity index is 763. The molecule has 1 aliphatic heterocycles. The van der Waals surface area contributed by atoms with E-state index in [0.717, 1.165) is 36.3 Å². The summed E-state index contributed by atoms with van der Waals surface area (Å²) in [5, 5.41) is 20.6. The molecule has 0 radical (unpaired) electrons. The molecule has 2 amide bonds. The van der Waals surface area contributed by atoms with Gasteiger partial charge in [-0.3, -0.25) is 5.21 Å². The maximum absolute atomic E-state index is 12.7. The van der Waals surface area contributed by atoms with Crippen LogP contribution in [0.5, 0.6) is 0 Å². The summed E-state index contributed by atoms with van der Waals surface area (Å²) in [7, 11) is 0. The Morgan fingerprint density at radius 2 is 2.00 bits per heavy atom. The molecular weight excluding hydrogens is 424 g/mol.